The van der Waals surface area contributed by atoms with E-state index in [0.717, 1.165) is 12.5 Å². The van der Waals surface area contributed by atoms with Crippen LogP contribution in [0.5, 0.6) is 0 Å². The first kappa shape index (κ1) is 14.7. The quantitative estimate of drug-likeness (QED) is 0.719. The molecule has 0 saturated heterocycles. The third-order valence-electron chi connectivity index (χ3n) is 2.90. The van der Waals surface area contributed by atoms with E-state index in [0.29, 0.717) is 5.28 Å². The molecule has 1 unspecified atom stereocenters. The highest BCUT2D eigenvalue weighted by Crippen LogP contribution is 2.23. The lowest BCUT2D eigenvalue weighted by molar-refractivity contribution is 0.121. The van der Waals surface area contributed by atoms with Crippen LogP contribution in [0, 0.1) is 0 Å². The number of halogens is 1. The zero-order valence-corrected chi connectivity index (χ0v) is 12.4. The normalized spacial score (nSPS) is 13.9. The molecule has 0 aliphatic heterocycles. The summed E-state index contributed by atoms with van der Waals surface area (Å²) in [6.45, 7) is 2.08. The van der Waals surface area contributed by atoms with Crippen molar-refractivity contribution in [2.75, 3.05) is 21.3 Å². The van der Waals surface area contributed by atoms with Gasteiger partial charge in [0.1, 0.15) is 0 Å². The average molecular weight is 279 g/mol. The van der Waals surface area contributed by atoms with Gasteiger partial charge in [-0.15, -0.1) is 0 Å². The molecule has 1 rings (SSSR count). The van der Waals surface area contributed by atoms with Crippen molar-refractivity contribution in [2.24, 2.45) is 0 Å². The lowest BCUT2D eigenvalue weighted by atomic mass is 10.2. The lowest BCUT2D eigenvalue weighted by Gasteiger charge is -2.26. The molecule has 0 saturated carbocycles. The number of nitrogens with zero attached hydrogens (tertiary/aromatic N) is 2. The Hall–Kier alpha value is -0.403. The summed E-state index contributed by atoms with van der Waals surface area (Å²) >= 11 is 5.96. The molecule has 0 N–H and O–H groups in total. The Balaban J connectivity index is 2.58. The fourth-order valence-electron chi connectivity index (χ4n) is 1.70. The van der Waals surface area contributed by atoms with Gasteiger partial charge in [0.25, 0.3) is 0 Å². The molecule has 0 radical (unpaired) electrons. The highest BCUT2D eigenvalue weighted by Gasteiger charge is 2.37. The maximum Gasteiger partial charge on any atom is 0.500 e. The van der Waals surface area contributed by atoms with Gasteiger partial charge in [-0.1, -0.05) is 0 Å². The first-order valence-electron chi connectivity index (χ1n) is 5.42. The zero-order chi connectivity index (χ0) is 12.9. The van der Waals surface area contributed by atoms with Crippen LogP contribution in [0.4, 0.5) is 0 Å². The van der Waals surface area contributed by atoms with Crippen molar-refractivity contribution in [1.29, 1.82) is 0 Å². The van der Waals surface area contributed by atoms with Gasteiger partial charge in [0.2, 0.25) is 5.28 Å². The van der Waals surface area contributed by atoms with Gasteiger partial charge in [-0.25, -0.2) is 4.98 Å². The van der Waals surface area contributed by atoms with Crippen molar-refractivity contribution in [3.8, 4) is 0 Å². The maximum atomic E-state index is 5.96. The molecular formula is C10H19ClN2O3Si. The minimum atomic E-state index is -2.49. The summed E-state index contributed by atoms with van der Waals surface area (Å²) in [5.74, 6) is 0. The molecule has 0 spiro atoms. The molecule has 0 aromatic carbocycles. The first-order chi connectivity index (χ1) is 8.08. The fraction of sp³-hybridized carbons (Fsp3) is 0.700. The molecule has 1 atom stereocenters. The highest BCUT2D eigenvalue weighted by atomic mass is 35.5. The van der Waals surface area contributed by atoms with Crippen molar-refractivity contribution in [3.05, 3.63) is 17.7 Å². The summed E-state index contributed by atoms with van der Waals surface area (Å²) in [4.78, 5) is 3.99. The number of imidazole rings is 1. The molecule has 0 aliphatic carbocycles. The van der Waals surface area contributed by atoms with E-state index in [1.165, 1.54) is 0 Å². The Morgan fingerprint density at radius 1 is 1.35 bits per heavy atom. The molecule has 1 aromatic rings. The van der Waals surface area contributed by atoms with Crippen LogP contribution in [0.25, 0.3) is 0 Å². The molecule has 7 heteroatoms. The predicted molar refractivity (Wildman–Crippen MR) is 68.2 cm³/mol. The molecule has 0 fully saturated rings. The number of rotatable bonds is 7. The topological polar surface area (TPSA) is 45.5 Å². The second-order valence-corrected chi connectivity index (χ2v) is 7.22. The minimum Gasteiger partial charge on any atom is -0.377 e. The Labute approximate surface area is 108 Å². The van der Waals surface area contributed by atoms with Gasteiger partial charge in [0.05, 0.1) is 0 Å². The largest absolute Gasteiger partial charge is 0.500 e. The average Bonchev–Trinajstić information content (AvgIpc) is 2.78. The van der Waals surface area contributed by atoms with Crippen molar-refractivity contribution >= 4 is 20.4 Å². The van der Waals surface area contributed by atoms with E-state index >= 15 is 0 Å². The van der Waals surface area contributed by atoms with Crippen LogP contribution in [-0.4, -0.2) is 39.7 Å². The van der Waals surface area contributed by atoms with E-state index in [4.69, 9.17) is 24.9 Å². The van der Waals surface area contributed by atoms with Crippen LogP contribution in [0.1, 0.15) is 19.4 Å². The number of hydrogen-bond acceptors (Lipinski definition) is 4. The molecule has 1 aromatic heterocycles. The second-order valence-electron chi connectivity index (χ2n) is 3.79. The van der Waals surface area contributed by atoms with Gasteiger partial charge >= 0.3 is 8.80 Å². The summed E-state index contributed by atoms with van der Waals surface area (Å²) in [5.41, 5.74) is 0. The van der Waals surface area contributed by atoms with Crippen LogP contribution in [0.15, 0.2) is 12.4 Å². The Bertz CT molecular complexity index is 336. The molecule has 98 valence electrons. The van der Waals surface area contributed by atoms with Crippen LogP contribution >= 0.6 is 11.6 Å². The first-order valence-corrected chi connectivity index (χ1v) is 7.73. The van der Waals surface area contributed by atoms with Crippen molar-refractivity contribution in [3.63, 3.8) is 0 Å². The number of hydrogen-bond donors (Lipinski definition) is 0. The van der Waals surface area contributed by atoms with E-state index in [2.05, 4.69) is 11.9 Å². The summed E-state index contributed by atoms with van der Waals surface area (Å²) in [7, 11) is 2.37. The van der Waals surface area contributed by atoms with E-state index in [1.807, 2.05) is 10.8 Å². The van der Waals surface area contributed by atoms with Crippen molar-refractivity contribution in [1.82, 2.24) is 9.55 Å². The van der Waals surface area contributed by atoms with Crippen molar-refractivity contribution in [2.45, 2.75) is 25.4 Å². The Morgan fingerprint density at radius 2 is 1.94 bits per heavy atom. The SMILES string of the molecule is CO[Si](CCC(C)n1ccnc1Cl)(OC)OC. The van der Waals surface area contributed by atoms with Crippen molar-refractivity contribution < 1.29 is 13.3 Å². The zero-order valence-electron chi connectivity index (χ0n) is 10.6. The van der Waals surface area contributed by atoms with Gasteiger partial charge in [0, 0.05) is 45.8 Å². The third-order valence-corrected chi connectivity index (χ3v) is 5.96. The second kappa shape index (κ2) is 6.51. The maximum absolute atomic E-state index is 5.96. The smallest absolute Gasteiger partial charge is 0.377 e. The van der Waals surface area contributed by atoms with Gasteiger partial charge in [-0.2, -0.15) is 0 Å². The fourth-order valence-corrected chi connectivity index (χ4v) is 3.87. The van der Waals surface area contributed by atoms with Crippen LogP contribution in [0.2, 0.25) is 11.3 Å². The third kappa shape index (κ3) is 3.53. The molecule has 17 heavy (non-hydrogen) atoms. The summed E-state index contributed by atoms with van der Waals surface area (Å²) in [6, 6.07) is 0.976. The van der Waals surface area contributed by atoms with E-state index < -0.39 is 8.80 Å². The monoisotopic (exact) mass is 278 g/mol. The van der Waals surface area contributed by atoms with Gasteiger partial charge < -0.3 is 17.8 Å². The Kier molecular flexibility index (Phi) is 5.61. The summed E-state index contributed by atoms with van der Waals surface area (Å²) < 4.78 is 18.0. The van der Waals surface area contributed by atoms with Gasteiger partial charge in [0.15, 0.2) is 0 Å². The van der Waals surface area contributed by atoms with E-state index in [1.54, 1.807) is 27.5 Å². The highest BCUT2D eigenvalue weighted by molar-refractivity contribution is 6.60. The van der Waals surface area contributed by atoms with Gasteiger partial charge in [-0.05, 0) is 24.9 Å². The molecule has 0 amide bonds. The van der Waals surface area contributed by atoms with Gasteiger partial charge in [-0.3, -0.25) is 0 Å². The summed E-state index contributed by atoms with van der Waals surface area (Å²) in [5, 5.41) is 0.497. The molecule has 5 nitrogen and oxygen atoms in total. The Morgan fingerprint density at radius 3 is 2.35 bits per heavy atom. The van der Waals surface area contributed by atoms with E-state index in [-0.39, 0.29) is 6.04 Å². The van der Waals surface area contributed by atoms with E-state index in [9.17, 15) is 0 Å². The van der Waals surface area contributed by atoms with Crippen LogP contribution < -0.4 is 0 Å². The minimum absolute atomic E-state index is 0.234. The van der Waals surface area contributed by atoms with Crippen LogP contribution in [0.3, 0.4) is 0 Å². The number of aromatic nitrogens is 2. The molecule has 0 bridgehead atoms. The van der Waals surface area contributed by atoms with Crippen LogP contribution in [-0.2, 0) is 13.3 Å². The molecular weight excluding hydrogens is 260 g/mol. The standard InChI is InChI=1S/C10H19ClN2O3Si/c1-9(13-7-6-12-10(13)11)5-8-17(14-2,15-3)16-4/h6-7,9H,5,8H2,1-4H3. The predicted octanol–water partition coefficient (Wildman–Crippen LogP) is 2.37. The molecule has 0 aliphatic rings. The summed E-state index contributed by atoms with van der Waals surface area (Å²) in [6.07, 6.45) is 4.41. The lowest BCUT2D eigenvalue weighted by Crippen LogP contribution is -2.42. The molecule has 1 heterocycles.